The Hall–Kier alpha value is -2.68. The van der Waals surface area contributed by atoms with Crippen molar-refractivity contribution in [1.29, 1.82) is 0 Å². The first-order valence-electron chi connectivity index (χ1n) is 7.69. The number of nitrogens with zero attached hydrogens (tertiary/aromatic N) is 1. The summed E-state index contributed by atoms with van der Waals surface area (Å²) in [6, 6.07) is 14.2. The predicted octanol–water partition coefficient (Wildman–Crippen LogP) is 4.20. The van der Waals surface area contributed by atoms with E-state index in [0.717, 1.165) is 11.1 Å². The summed E-state index contributed by atoms with van der Waals surface area (Å²) in [6.45, 7) is 0. The second-order valence-corrected chi connectivity index (χ2v) is 4.80. The van der Waals surface area contributed by atoms with Crippen LogP contribution in [0.3, 0.4) is 0 Å². The molecule has 0 spiro atoms. The van der Waals surface area contributed by atoms with Gasteiger partial charge in [-0.25, -0.2) is 0 Å². The Morgan fingerprint density at radius 1 is 1.05 bits per heavy atom. The second-order valence-electron chi connectivity index (χ2n) is 4.80. The molecule has 1 aliphatic rings. The lowest BCUT2D eigenvalue weighted by atomic mass is 9.86. The van der Waals surface area contributed by atoms with Crippen LogP contribution in [0.2, 0.25) is 0 Å². The highest BCUT2D eigenvalue weighted by Crippen LogP contribution is 2.33. The summed E-state index contributed by atoms with van der Waals surface area (Å²) < 4.78 is 16.4. The van der Waals surface area contributed by atoms with Gasteiger partial charge in [-0.05, 0) is 16.7 Å². The smallest absolute Gasteiger partial charge is 0.242 e. The van der Waals surface area contributed by atoms with Crippen molar-refractivity contribution < 1.29 is 7.66 Å². The molecule has 0 N–H and O–H groups in total. The molecule has 1 aliphatic carbocycles. The molecular weight excluding hydrogens is 262 g/mol. The molecule has 2 aromatic carbocycles. The third kappa shape index (κ3) is 2.77. The molecule has 0 fully saturated rings. The van der Waals surface area contributed by atoms with Crippen molar-refractivity contribution in [3.63, 3.8) is 0 Å². The molecule has 3 heteroatoms. The van der Waals surface area contributed by atoms with Gasteiger partial charge in [0.15, 0.2) is 0 Å². The molecule has 0 radical (unpaired) electrons. The van der Waals surface area contributed by atoms with Crippen LogP contribution in [0.1, 0.15) is 20.3 Å². The molecule has 0 amide bonds. The van der Waals surface area contributed by atoms with Gasteiger partial charge in [0.05, 0.1) is 1.37 Å². The first kappa shape index (κ1) is 11.0. The minimum atomic E-state index is -1.99. The zero-order valence-corrected chi connectivity index (χ0v) is 11.3. The average molecular weight is 279 g/mol. The number of allylic oxidation sites excluding steroid dienone is 2. The molecule has 0 bridgehead atoms. The lowest BCUT2D eigenvalue weighted by Crippen LogP contribution is -2.23. The standard InChI is InChI=1S/C18H15NO2/c20-19(21)18-13-16(14-7-3-1-4-8-14)11-12-17(18)15-9-5-2-6-10-15/h1-12,18H,13H2/i9D,18D. The van der Waals surface area contributed by atoms with Crippen LogP contribution < -0.4 is 0 Å². The Labute approximate surface area is 126 Å². The quantitative estimate of drug-likeness (QED) is 0.624. The fraction of sp³-hybridized carbons (Fsp3) is 0.111. The Balaban J connectivity index is 2.13. The average Bonchev–Trinajstić information content (AvgIpc) is 2.56. The molecule has 104 valence electrons. The van der Waals surface area contributed by atoms with Crippen molar-refractivity contribution in [2.24, 2.45) is 0 Å². The Bertz CT molecular complexity index is 815. The highest BCUT2D eigenvalue weighted by Gasteiger charge is 2.30. The van der Waals surface area contributed by atoms with E-state index in [0.29, 0.717) is 5.56 Å². The number of nitro groups is 1. The van der Waals surface area contributed by atoms with Gasteiger partial charge >= 0.3 is 0 Å². The molecule has 2 aromatic rings. The maximum atomic E-state index is 11.6. The zero-order chi connectivity index (χ0) is 16.4. The Kier molecular flexibility index (Phi) is 3.02. The Morgan fingerprint density at radius 3 is 2.38 bits per heavy atom. The van der Waals surface area contributed by atoms with Gasteiger partial charge in [-0.15, -0.1) is 0 Å². The summed E-state index contributed by atoms with van der Waals surface area (Å²) in [4.78, 5) is 11.1. The van der Waals surface area contributed by atoms with E-state index < -0.39 is 10.9 Å². The Morgan fingerprint density at radius 2 is 1.71 bits per heavy atom. The first-order valence-corrected chi connectivity index (χ1v) is 6.69. The highest BCUT2D eigenvalue weighted by molar-refractivity contribution is 5.80. The van der Waals surface area contributed by atoms with Gasteiger partial charge in [0, 0.05) is 16.9 Å². The molecule has 0 saturated heterocycles. The topological polar surface area (TPSA) is 43.1 Å². The molecular formula is C18H15NO2. The molecule has 1 atom stereocenters. The molecule has 3 rings (SSSR count). The molecule has 21 heavy (non-hydrogen) atoms. The number of hydrogen-bond donors (Lipinski definition) is 0. The van der Waals surface area contributed by atoms with Crippen molar-refractivity contribution in [3.05, 3.63) is 94.0 Å². The summed E-state index contributed by atoms with van der Waals surface area (Å²) in [7, 11) is 0. The first-order chi connectivity index (χ1) is 11.0. The van der Waals surface area contributed by atoms with Crippen LogP contribution in [0.4, 0.5) is 0 Å². The summed E-state index contributed by atoms with van der Waals surface area (Å²) in [5.41, 5.74) is 2.32. The van der Waals surface area contributed by atoms with E-state index in [-0.39, 0.29) is 18.0 Å². The lowest BCUT2D eigenvalue weighted by Gasteiger charge is -2.19. The minimum Gasteiger partial charge on any atom is -0.264 e. The largest absolute Gasteiger partial charge is 0.264 e. The molecule has 1 unspecified atom stereocenters. The number of hydrogen-bond acceptors (Lipinski definition) is 2. The molecule has 3 nitrogen and oxygen atoms in total. The van der Waals surface area contributed by atoms with Crippen LogP contribution in [0.5, 0.6) is 0 Å². The van der Waals surface area contributed by atoms with Gasteiger partial charge in [-0.2, -0.15) is 0 Å². The maximum absolute atomic E-state index is 11.6. The monoisotopic (exact) mass is 279 g/mol. The van der Waals surface area contributed by atoms with Gasteiger partial charge in [0.25, 0.3) is 0 Å². The molecule has 0 saturated carbocycles. The van der Waals surface area contributed by atoms with E-state index in [9.17, 15) is 10.1 Å². The predicted molar refractivity (Wildman–Crippen MR) is 84.2 cm³/mol. The zero-order valence-electron chi connectivity index (χ0n) is 13.3. The van der Waals surface area contributed by atoms with Crippen LogP contribution in [-0.2, 0) is 0 Å². The van der Waals surface area contributed by atoms with E-state index in [2.05, 4.69) is 0 Å². The van der Waals surface area contributed by atoms with Crippen LogP contribution in [0, 0.1) is 10.1 Å². The molecule has 0 aromatic heterocycles. The van der Waals surface area contributed by atoms with Gasteiger partial charge in [-0.1, -0.05) is 72.8 Å². The van der Waals surface area contributed by atoms with Crippen molar-refractivity contribution >= 4 is 11.1 Å². The molecule has 0 heterocycles. The van der Waals surface area contributed by atoms with Crippen LogP contribution in [0.25, 0.3) is 11.1 Å². The third-order valence-corrected chi connectivity index (χ3v) is 3.48. The van der Waals surface area contributed by atoms with Gasteiger partial charge < -0.3 is 0 Å². The normalized spacial score (nSPS) is 22.7. The van der Waals surface area contributed by atoms with E-state index in [4.69, 9.17) is 2.74 Å². The maximum Gasteiger partial charge on any atom is 0.242 e. The number of rotatable bonds is 3. The fourth-order valence-corrected chi connectivity index (χ4v) is 2.43. The minimum absolute atomic E-state index is 0.0236. The fourth-order valence-electron chi connectivity index (χ4n) is 2.43. The van der Waals surface area contributed by atoms with E-state index >= 15 is 0 Å². The van der Waals surface area contributed by atoms with E-state index in [1.165, 1.54) is 0 Å². The van der Waals surface area contributed by atoms with E-state index in [1.807, 2.05) is 36.4 Å². The van der Waals surface area contributed by atoms with Gasteiger partial charge in [0.1, 0.15) is 1.37 Å². The lowest BCUT2D eigenvalue weighted by molar-refractivity contribution is -0.504. The van der Waals surface area contributed by atoms with E-state index in [1.54, 1.807) is 30.3 Å². The summed E-state index contributed by atoms with van der Waals surface area (Å²) >= 11 is 0. The molecule has 0 aliphatic heterocycles. The van der Waals surface area contributed by atoms with Crippen molar-refractivity contribution in [3.8, 4) is 0 Å². The van der Waals surface area contributed by atoms with Crippen molar-refractivity contribution in [2.45, 2.75) is 12.4 Å². The van der Waals surface area contributed by atoms with Gasteiger partial charge in [0.2, 0.25) is 6.02 Å². The van der Waals surface area contributed by atoms with Crippen LogP contribution >= 0.6 is 0 Å². The summed E-state index contributed by atoms with van der Waals surface area (Å²) in [5, 5.41) is 11.6. The van der Waals surface area contributed by atoms with Gasteiger partial charge in [-0.3, -0.25) is 10.1 Å². The van der Waals surface area contributed by atoms with Crippen LogP contribution in [0.15, 0.2) is 72.8 Å². The van der Waals surface area contributed by atoms with Crippen molar-refractivity contribution in [2.75, 3.05) is 0 Å². The third-order valence-electron chi connectivity index (χ3n) is 3.48. The summed E-state index contributed by atoms with van der Waals surface area (Å²) in [6.07, 6.45) is 3.40. The SMILES string of the molecule is [2H]c1ccccc1C1=CC=C(c2ccccc2)CC1([2H])[N+](=O)[O-]. The number of benzene rings is 2. The highest BCUT2D eigenvalue weighted by atomic mass is 16.6. The van der Waals surface area contributed by atoms with Crippen LogP contribution in [-0.4, -0.2) is 10.9 Å². The second kappa shape index (κ2) is 5.75. The van der Waals surface area contributed by atoms with Crippen molar-refractivity contribution in [1.82, 2.24) is 0 Å². The summed E-state index contributed by atoms with van der Waals surface area (Å²) in [5.74, 6) is 0.